The molecule has 8 nitrogen and oxygen atoms in total. The van der Waals surface area contributed by atoms with Crippen molar-refractivity contribution >= 4 is 60.5 Å². The van der Waals surface area contributed by atoms with E-state index in [-0.39, 0.29) is 31.8 Å². The van der Waals surface area contributed by atoms with Crippen molar-refractivity contribution in [1.29, 1.82) is 0 Å². The normalized spacial score (nSPS) is 11.7. The molecule has 0 aliphatic rings. The quantitative estimate of drug-likeness (QED) is 0.299. The lowest BCUT2D eigenvalue weighted by atomic mass is 10.1. The molecule has 0 spiro atoms. The first-order valence-corrected chi connectivity index (χ1v) is 14.2. The van der Waals surface area contributed by atoms with Crippen LogP contribution in [0.25, 0.3) is 0 Å². The fraction of sp³-hybridized carbons (Fsp3) is 0.174. The highest BCUT2D eigenvalue weighted by Crippen LogP contribution is 2.26. The standard InChI is InChI=1S/C23H23Cl2N3O5S2/c1-2-3-13-26-34(30,31)20-6-4-5-18(15-20)27-23(29)21-14-17(25)9-12-22(21)28-35(32,33)19-10-7-16(24)8-11-19/h4-12,14-15,26,28H,2-3,13H2,1H3,(H,27,29). The molecule has 35 heavy (non-hydrogen) atoms. The molecule has 3 rings (SSSR count). The molecule has 3 aromatic rings. The van der Waals surface area contributed by atoms with Crippen molar-refractivity contribution in [3.05, 3.63) is 82.3 Å². The maximum Gasteiger partial charge on any atom is 0.261 e. The highest BCUT2D eigenvalue weighted by Gasteiger charge is 2.20. The second kappa shape index (κ2) is 11.4. The first-order valence-electron chi connectivity index (χ1n) is 10.5. The predicted molar refractivity (Wildman–Crippen MR) is 138 cm³/mol. The van der Waals surface area contributed by atoms with Crippen LogP contribution in [0.3, 0.4) is 0 Å². The minimum atomic E-state index is -4.03. The Morgan fingerprint density at radius 1 is 0.829 bits per heavy atom. The molecule has 3 N–H and O–H groups in total. The van der Waals surface area contributed by atoms with Crippen molar-refractivity contribution in [2.75, 3.05) is 16.6 Å². The average molecular weight is 556 g/mol. The van der Waals surface area contributed by atoms with E-state index in [4.69, 9.17) is 23.2 Å². The zero-order valence-electron chi connectivity index (χ0n) is 18.6. The van der Waals surface area contributed by atoms with Gasteiger partial charge < -0.3 is 5.32 Å². The van der Waals surface area contributed by atoms with Crippen LogP contribution in [-0.2, 0) is 20.0 Å². The Kier molecular flexibility index (Phi) is 8.79. The van der Waals surface area contributed by atoms with Gasteiger partial charge in [-0.15, -0.1) is 0 Å². The van der Waals surface area contributed by atoms with Crippen LogP contribution in [-0.4, -0.2) is 29.3 Å². The van der Waals surface area contributed by atoms with Crippen LogP contribution < -0.4 is 14.8 Å². The number of anilines is 2. The Morgan fingerprint density at radius 3 is 2.20 bits per heavy atom. The van der Waals surface area contributed by atoms with E-state index in [2.05, 4.69) is 14.8 Å². The maximum atomic E-state index is 13.0. The number of unbranched alkanes of at least 4 members (excludes halogenated alkanes) is 1. The molecule has 0 atom stereocenters. The predicted octanol–water partition coefficient (Wildman–Crippen LogP) is 5.12. The van der Waals surface area contributed by atoms with Gasteiger partial charge in [-0.25, -0.2) is 21.6 Å². The van der Waals surface area contributed by atoms with Gasteiger partial charge in [-0.05, 0) is 67.1 Å². The fourth-order valence-corrected chi connectivity index (χ4v) is 5.51. The molecule has 0 aliphatic heterocycles. The largest absolute Gasteiger partial charge is 0.322 e. The second-order valence-electron chi connectivity index (χ2n) is 7.48. The second-order valence-corrected chi connectivity index (χ2v) is 11.8. The Labute approximate surface area is 214 Å². The Hall–Kier alpha value is -2.63. The van der Waals surface area contributed by atoms with Gasteiger partial charge in [0.05, 0.1) is 21.0 Å². The monoisotopic (exact) mass is 555 g/mol. The van der Waals surface area contributed by atoms with Crippen LogP contribution in [0.4, 0.5) is 11.4 Å². The topological polar surface area (TPSA) is 121 Å². The van der Waals surface area contributed by atoms with Crippen molar-refractivity contribution in [3.8, 4) is 0 Å². The average Bonchev–Trinajstić information content (AvgIpc) is 2.80. The van der Waals surface area contributed by atoms with Gasteiger partial charge in [0.25, 0.3) is 15.9 Å². The molecular formula is C23H23Cl2N3O5S2. The van der Waals surface area contributed by atoms with Gasteiger partial charge in [-0.1, -0.05) is 42.6 Å². The smallest absolute Gasteiger partial charge is 0.261 e. The Bertz CT molecular complexity index is 1430. The van der Waals surface area contributed by atoms with Gasteiger partial charge in [-0.3, -0.25) is 9.52 Å². The first kappa shape index (κ1) is 27.0. The lowest BCUT2D eigenvalue weighted by Crippen LogP contribution is -2.25. The third-order valence-electron chi connectivity index (χ3n) is 4.82. The van der Waals surface area contributed by atoms with Crippen LogP contribution in [0.15, 0.2) is 76.5 Å². The molecule has 0 radical (unpaired) electrons. The molecule has 0 saturated carbocycles. The lowest BCUT2D eigenvalue weighted by Gasteiger charge is -2.14. The van der Waals surface area contributed by atoms with Crippen molar-refractivity contribution in [2.45, 2.75) is 29.6 Å². The van der Waals surface area contributed by atoms with Gasteiger partial charge in [-0.2, -0.15) is 0 Å². The number of carbonyl (C=O) groups excluding carboxylic acids is 1. The maximum absolute atomic E-state index is 13.0. The molecule has 0 bridgehead atoms. The summed E-state index contributed by atoms with van der Waals surface area (Å²) in [6.07, 6.45) is 1.53. The number of nitrogens with one attached hydrogen (secondary N) is 3. The van der Waals surface area contributed by atoms with Crippen LogP contribution in [0.1, 0.15) is 30.1 Å². The van der Waals surface area contributed by atoms with E-state index in [1.807, 2.05) is 6.92 Å². The number of rotatable bonds is 10. The summed E-state index contributed by atoms with van der Waals surface area (Å²) in [7, 11) is -7.78. The van der Waals surface area contributed by atoms with Crippen molar-refractivity contribution in [2.24, 2.45) is 0 Å². The third kappa shape index (κ3) is 7.18. The third-order valence-corrected chi connectivity index (χ3v) is 8.15. The molecular weight excluding hydrogens is 533 g/mol. The highest BCUT2D eigenvalue weighted by atomic mass is 35.5. The number of carbonyl (C=O) groups is 1. The van der Waals surface area contributed by atoms with E-state index in [9.17, 15) is 21.6 Å². The molecule has 12 heteroatoms. The highest BCUT2D eigenvalue weighted by molar-refractivity contribution is 7.92. The van der Waals surface area contributed by atoms with Gasteiger partial charge in [0.15, 0.2) is 0 Å². The zero-order valence-corrected chi connectivity index (χ0v) is 21.7. The number of halogens is 2. The molecule has 0 aromatic heterocycles. The lowest BCUT2D eigenvalue weighted by molar-refractivity contribution is 0.102. The van der Waals surface area contributed by atoms with Crippen LogP contribution in [0.5, 0.6) is 0 Å². The van der Waals surface area contributed by atoms with E-state index >= 15 is 0 Å². The summed E-state index contributed by atoms with van der Waals surface area (Å²) < 4.78 is 55.5. The molecule has 0 heterocycles. The van der Waals surface area contributed by atoms with Gasteiger partial charge in [0, 0.05) is 22.3 Å². The summed E-state index contributed by atoms with van der Waals surface area (Å²) in [4.78, 5) is 13.0. The van der Waals surface area contributed by atoms with Crippen molar-refractivity contribution in [3.63, 3.8) is 0 Å². The number of sulfonamides is 2. The summed E-state index contributed by atoms with van der Waals surface area (Å²) in [5, 5.41) is 3.18. The van der Waals surface area contributed by atoms with Gasteiger partial charge in [0.2, 0.25) is 10.0 Å². The zero-order chi connectivity index (χ0) is 25.6. The number of hydrogen-bond acceptors (Lipinski definition) is 5. The van der Waals surface area contributed by atoms with E-state index < -0.39 is 26.0 Å². The van der Waals surface area contributed by atoms with Crippen molar-refractivity contribution < 1.29 is 21.6 Å². The SMILES string of the molecule is CCCCNS(=O)(=O)c1cccc(NC(=O)c2cc(Cl)ccc2NS(=O)(=O)c2ccc(Cl)cc2)c1. The van der Waals surface area contributed by atoms with Crippen LogP contribution >= 0.6 is 23.2 Å². The number of hydrogen-bond donors (Lipinski definition) is 3. The fourth-order valence-electron chi connectivity index (χ4n) is 3.02. The van der Waals surface area contributed by atoms with Gasteiger partial charge >= 0.3 is 0 Å². The molecule has 1 amide bonds. The molecule has 0 fully saturated rings. The van der Waals surface area contributed by atoms with Crippen LogP contribution in [0, 0.1) is 0 Å². The number of amides is 1. The van der Waals surface area contributed by atoms with E-state index in [0.717, 1.165) is 6.42 Å². The molecule has 186 valence electrons. The summed E-state index contributed by atoms with van der Waals surface area (Å²) in [6, 6.07) is 15.4. The first-order chi connectivity index (χ1) is 16.5. The molecule has 3 aromatic carbocycles. The Balaban J connectivity index is 1.86. The Morgan fingerprint density at radius 2 is 1.51 bits per heavy atom. The molecule has 0 saturated heterocycles. The minimum absolute atomic E-state index is 0.00754. The number of benzene rings is 3. The molecule has 0 aliphatic carbocycles. The minimum Gasteiger partial charge on any atom is -0.322 e. The summed E-state index contributed by atoms with van der Waals surface area (Å²) in [5.74, 6) is -0.685. The summed E-state index contributed by atoms with van der Waals surface area (Å²) in [6.45, 7) is 2.25. The summed E-state index contributed by atoms with van der Waals surface area (Å²) in [5.41, 5.74) is 0.149. The van der Waals surface area contributed by atoms with Gasteiger partial charge in [0.1, 0.15) is 0 Å². The van der Waals surface area contributed by atoms with E-state index in [1.165, 1.54) is 66.7 Å². The summed E-state index contributed by atoms with van der Waals surface area (Å²) >= 11 is 11.9. The van der Waals surface area contributed by atoms with E-state index in [0.29, 0.717) is 18.0 Å². The van der Waals surface area contributed by atoms with Crippen molar-refractivity contribution in [1.82, 2.24) is 4.72 Å². The van der Waals surface area contributed by atoms with E-state index in [1.54, 1.807) is 0 Å². The molecule has 0 unspecified atom stereocenters. The van der Waals surface area contributed by atoms with Crippen LogP contribution in [0.2, 0.25) is 10.0 Å².